The number of carbonyl (C=O) groups excluding carboxylic acids is 1. The third kappa shape index (κ3) is 4.32. The predicted octanol–water partition coefficient (Wildman–Crippen LogP) is 2.37. The lowest BCUT2D eigenvalue weighted by Crippen LogP contribution is -2.57. The number of hydrogen-bond donors (Lipinski definition) is 2. The van der Waals surface area contributed by atoms with E-state index in [1.807, 2.05) is 32.0 Å². The first kappa shape index (κ1) is 17.5. The van der Waals surface area contributed by atoms with Crippen LogP contribution in [0.5, 0.6) is 0 Å². The maximum Gasteiger partial charge on any atom is 0.329 e. The largest absolute Gasteiger partial charge is 0.480 e. The van der Waals surface area contributed by atoms with Gasteiger partial charge >= 0.3 is 5.97 Å². The number of aryl methyl sites for hydroxylation is 2. The molecule has 0 aromatic heterocycles. The van der Waals surface area contributed by atoms with Crippen molar-refractivity contribution in [2.24, 2.45) is 0 Å². The molecule has 126 valence electrons. The van der Waals surface area contributed by atoms with Crippen molar-refractivity contribution in [2.45, 2.75) is 57.6 Å². The van der Waals surface area contributed by atoms with Crippen LogP contribution in [-0.4, -0.2) is 35.7 Å². The molecular formula is C18H25NO4. The number of amides is 1. The molecule has 0 bridgehead atoms. The van der Waals surface area contributed by atoms with Gasteiger partial charge in [0.15, 0.2) is 0 Å². The molecule has 0 saturated heterocycles. The third-order valence-corrected chi connectivity index (χ3v) is 4.55. The zero-order valence-electron chi connectivity index (χ0n) is 14.0. The highest BCUT2D eigenvalue weighted by atomic mass is 16.5. The van der Waals surface area contributed by atoms with Crippen LogP contribution in [0.4, 0.5) is 0 Å². The monoisotopic (exact) mass is 319 g/mol. The molecule has 1 aliphatic rings. The van der Waals surface area contributed by atoms with Crippen LogP contribution in [0.2, 0.25) is 0 Å². The van der Waals surface area contributed by atoms with E-state index in [2.05, 4.69) is 5.32 Å². The van der Waals surface area contributed by atoms with Gasteiger partial charge in [-0.15, -0.1) is 0 Å². The summed E-state index contributed by atoms with van der Waals surface area (Å²) in [4.78, 5) is 24.1. The first-order chi connectivity index (χ1) is 10.8. The molecule has 1 aliphatic carbocycles. The molecule has 0 aliphatic heterocycles. The molecular weight excluding hydrogens is 294 g/mol. The summed E-state index contributed by atoms with van der Waals surface area (Å²) >= 11 is 0. The molecule has 5 nitrogen and oxygen atoms in total. The standard InChI is InChI=1S/C18H25NO4/c1-12-8-13(2)10-14(9-12)11-16(20)19-18(17(21)22)6-4-15(23-3)5-7-18/h8-10,15H,4-7,11H2,1-3H3,(H,19,20)(H,21,22). The lowest BCUT2D eigenvalue weighted by Gasteiger charge is -2.37. The molecule has 1 amide bonds. The van der Waals surface area contributed by atoms with Crippen LogP contribution in [0.15, 0.2) is 18.2 Å². The average molecular weight is 319 g/mol. The van der Waals surface area contributed by atoms with Crippen molar-refractivity contribution in [3.05, 3.63) is 34.9 Å². The van der Waals surface area contributed by atoms with Crippen LogP contribution < -0.4 is 5.32 Å². The fraction of sp³-hybridized carbons (Fsp3) is 0.556. The van der Waals surface area contributed by atoms with Crippen molar-refractivity contribution in [3.8, 4) is 0 Å². The number of carboxylic acid groups (broad SMARTS) is 1. The Bertz CT molecular complexity index is 568. The highest BCUT2D eigenvalue weighted by molar-refractivity contribution is 5.88. The summed E-state index contributed by atoms with van der Waals surface area (Å²) < 4.78 is 5.29. The number of benzene rings is 1. The zero-order valence-corrected chi connectivity index (χ0v) is 14.0. The van der Waals surface area contributed by atoms with Gasteiger partial charge in [0.25, 0.3) is 0 Å². The van der Waals surface area contributed by atoms with E-state index in [1.54, 1.807) is 7.11 Å². The summed E-state index contributed by atoms with van der Waals surface area (Å²) in [7, 11) is 1.64. The van der Waals surface area contributed by atoms with E-state index in [-0.39, 0.29) is 18.4 Å². The minimum Gasteiger partial charge on any atom is -0.480 e. The van der Waals surface area contributed by atoms with Gasteiger partial charge in [-0.3, -0.25) is 4.79 Å². The highest BCUT2D eigenvalue weighted by Gasteiger charge is 2.43. The van der Waals surface area contributed by atoms with E-state index in [9.17, 15) is 14.7 Å². The van der Waals surface area contributed by atoms with Gasteiger partial charge in [0, 0.05) is 7.11 Å². The van der Waals surface area contributed by atoms with Crippen molar-refractivity contribution in [2.75, 3.05) is 7.11 Å². The third-order valence-electron chi connectivity index (χ3n) is 4.55. The normalized spacial score (nSPS) is 24.2. The van der Waals surface area contributed by atoms with Crippen LogP contribution in [-0.2, 0) is 20.7 Å². The van der Waals surface area contributed by atoms with Crippen LogP contribution >= 0.6 is 0 Å². The van der Waals surface area contributed by atoms with E-state index < -0.39 is 11.5 Å². The Morgan fingerprint density at radius 1 is 1.22 bits per heavy atom. The van der Waals surface area contributed by atoms with Gasteiger partial charge in [-0.25, -0.2) is 4.79 Å². The Labute approximate surface area is 137 Å². The van der Waals surface area contributed by atoms with Crippen LogP contribution in [0.3, 0.4) is 0 Å². The Morgan fingerprint density at radius 2 is 1.78 bits per heavy atom. The first-order valence-electron chi connectivity index (χ1n) is 7.99. The first-order valence-corrected chi connectivity index (χ1v) is 7.99. The topological polar surface area (TPSA) is 75.6 Å². The number of ether oxygens (including phenoxy) is 1. The quantitative estimate of drug-likeness (QED) is 0.873. The van der Waals surface area contributed by atoms with Gasteiger partial charge in [0.2, 0.25) is 5.91 Å². The van der Waals surface area contributed by atoms with Crippen molar-refractivity contribution in [1.29, 1.82) is 0 Å². The van der Waals surface area contributed by atoms with Gasteiger partial charge in [0.05, 0.1) is 12.5 Å². The number of nitrogens with one attached hydrogen (secondary N) is 1. The molecule has 0 heterocycles. The molecule has 2 rings (SSSR count). The fourth-order valence-corrected chi connectivity index (χ4v) is 3.38. The maximum absolute atomic E-state index is 12.4. The molecule has 0 atom stereocenters. The lowest BCUT2D eigenvalue weighted by atomic mass is 9.80. The summed E-state index contributed by atoms with van der Waals surface area (Å²) in [6.45, 7) is 3.97. The smallest absolute Gasteiger partial charge is 0.329 e. The minimum absolute atomic E-state index is 0.0822. The van der Waals surface area contributed by atoms with Crippen molar-refractivity contribution in [1.82, 2.24) is 5.32 Å². The number of rotatable bonds is 5. The Morgan fingerprint density at radius 3 is 2.26 bits per heavy atom. The molecule has 5 heteroatoms. The van der Waals surface area contributed by atoms with Crippen LogP contribution in [0.25, 0.3) is 0 Å². The molecule has 0 unspecified atom stereocenters. The van der Waals surface area contributed by atoms with E-state index in [0.717, 1.165) is 16.7 Å². The van der Waals surface area contributed by atoms with E-state index in [4.69, 9.17) is 4.74 Å². The minimum atomic E-state index is -1.16. The van der Waals surface area contributed by atoms with E-state index >= 15 is 0 Å². The summed E-state index contributed by atoms with van der Waals surface area (Å²) in [6.07, 6.45) is 2.38. The molecule has 1 aromatic carbocycles. The molecule has 1 fully saturated rings. The molecule has 0 radical (unpaired) electrons. The van der Waals surface area contributed by atoms with Crippen molar-refractivity contribution >= 4 is 11.9 Å². The summed E-state index contributed by atoms with van der Waals surface area (Å²) in [5, 5.41) is 12.4. The lowest BCUT2D eigenvalue weighted by molar-refractivity contribution is -0.150. The number of methoxy groups -OCH3 is 1. The second-order valence-electron chi connectivity index (χ2n) is 6.54. The van der Waals surface area contributed by atoms with Gasteiger partial charge in [-0.1, -0.05) is 29.3 Å². The molecule has 23 heavy (non-hydrogen) atoms. The Kier molecular flexibility index (Phi) is 5.42. The molecule has 1 aromatic rings. The number of carboxylic acids is 1. The number of hydrogen-bond acceptors (Lipinski definition) is 3. The van der Waals surface area contributed by atoms with Gasteiger partial charge in [-0.05, 0) is 45.1 Å². The number of carbonyl (C=O) groups is 2. The molecule has 2 N–H and O–H groups in total. The van der Waals surface area contributed by atoms with Crippen LogP contribution in [0, 0.1) is 13.8 Å². The van der Waals surface area contributed by atoms with Crippen molar-refractivity contribution in [3.63, 3.8) is 0 Å². The molecule has 0 spiro atoms. The van der Waals surface area contributed by atoms with Gasteiger partial charge in [0.1, 0.15) is 5.54 Å². The van der Waals surface area contributed by atoms with E-state index in [0.29, 0.717) is 25.7 Å². The van der Waals surface area contributed by atoms with Crippen molar-refractivity contribution < 1.29 is 19.4 Å². The van der Waals surface area contributed by atoms with E-state index in [1.165, 1.54) is 0 Å². The number of aliphatic carboxylic acids is 1. The van der Waals surface area contributed by atoms with Crippen LogP contribution in [0.1, 0.15) is 42.4 Å². The molecule has 1 saturated carbocycles. The van der Waals surface area contributed by atoms with Gasteiger partial charge in [-0.2, -0.15) is 0 Å². The van der Waals surface area contributed by atoms with Gasteiger partial charge < -0.3 is 15.2 Å². The fourth-order valence-electron chi connectivity index (χ4n) is 3.38. The maximum atomic E-state index is 12.4. The summed E-state index contributed by atoms with van der Waals surface area (Å²) in [6, 6.07) is 5.97. The second-order valence-corrected chi connectivity index (χ2v) is 6.54. The summed E-state index contributed by atoms with van der Waals surface area (Å²) in [5.41, 5.74) is 1.94. The predicted molar refractivity (Wildman–Crippen MR) is 87.4 cm³/mol. The average Bonchev–Trinajstić information content (AvgIpc) is 2.46. The Balaban J connectivity index is 2.05. The summed E-state index contributed by atoms with van der Waals surface area (Å²) in [5.74, 6) is -1.20. The second kappa shape index (κ2) is 7.13. The Hall–Kier alpha value is -1.88. The SMILES string of the molecule is COC1CCC(NC(=O)Cc2cc(C)cc(C)c2)(C(=O)O)CC1. The highest BCUT2D eigenvalue weighted by Crippen LogP contribution is 2.30. The zero-order chi connectivity index (χ0) is 17.0.